The van der Waals surface area contributed by atoms with Gasteiger partial charge in [0.05, 0.1) is 18.5 Å². The molecule has 0 bridgehead atoms. The van der Waals surface area contributed by atoms with E-state index in [-0.39, 0.29) is 46.3 Å². The standard InChI is InChI=1S/C23H42N4O4Si2/c1-22(2,3)32(7,8)30-17-14(12-28)11-15(18(17)31-33(9,10)23(4,5)6)19-26-16-20(27-19)24-13-25-21(16)29/h13-15,17-18,28H,11-12H2,1-10H3,(H2,24,25,26,27,29)/t14-,15+,17-,18+/m1/s1. The van der Waals surface area contributed by atoms with Crippen molar-refractivity contribution in [3.8, 4) is 0 Å². The maximum Gasteiger partial charge on any atom is 0.276 e. The molecule has 2 aromatic heterocycles. The van der Waals surface area contributed by atoms with Crippen LogP contribution in [-0.4, -0.2) is 60.5 Å². The molecular weight excluding hydrogens is 452 g/mol. The molecule has 186 valence electrons. The number of nitrogens with one attached hydrogen (secondary N) is 2. The molecule has 1 aliphatic rings. The van der Waals surface area contributed by atoms with Crippen LogP contribution >= 0.6 is 0 Å². The van der Waals surface area contributed by atoms with Crippen molar-refractivity contribution >= 4 is 27.8 Å². The summed E-state index contributed by atoms with van der Waals surface area (Å²) in [5, 5.41) is 10.4. The predicted octanol–water partition coefficient (Wildman–Crippen LogP) is 4.52. The first kappa shape index (κ1) is 26.3. The molecule has 0 amide bonds. The average molecular weight is 495 g/mol. The van der Waals surface area contributed by atoms with Crippen molar-refractivity contribution in [2.45, 2.75) is 102 Å². The Hall–Kier alpha value is -1.34. The van der Waals surface area contributed by atoms with Gasteiger partial charge in [0, 0.05) is 18.4 Å². The molecule has 3 N–H and O–H groups in total. The Morgan fingerprint density at radius 3 is 2.06 bits per heavy atom. The van der Waals surface area contributed by atoms with Crippen LogP contribution in [0.2, 0.25) is 36.3 Å². The number of aromatic amines is 2. The first-order chi connectivity index (χ1) is 15.0. The second-order valence-electron chi connectivity index (χ2n) is 12.5. The van der Waals surface area contributed by atoms with Crippen LogP contribution in [-0.2, 0) is 8.85 Å². The largest absolute Gasteiger partial charge is 0.411 e. The van der Waals surface area contributed by atoms with E-state index in [2.05, 4.69) is 87.7 Å². The Labute approximate surface area is 199 Å². The van der Waals surface area contributed by atoms with Gasteiger partial charge in [-0.1, -0.05) is 41.5 Å². The molecule has 0 aliphatic heterocycles. The van der Waals surface area contributed by atoms with Crippen molar-refractivity contribution in [3.05, 3.63) is 22.5 Å². The van der Waals surface area contributed by atoms with E-state index in [0.717, 1.165) is 0 Å². The molecule has 2 heterocycles. The van der Waals surface area contributed by atoms with E-state index in [4.69, 9.17) is 8.85 Å². The highest BCUT2D eigenvalue weighted by atomic mass is 28.4. The van der Waals surface area contributed by atoms with Crippen molar-refractivity contribution in [2.24, 2.45) is 5.92 Å². The Morgan fingerprint density at radius 1 is 1.03 bits per heavy atom. The molecule has 33 heavy (non-hydrogen) atoms. The number of rotatable bonds is 6. The number of aliphatic hydroxyl groups is 1. The summed E-state index contributed by atoms with van der Waals surface area (Å²) in [5.74, 6) is 0.482. The molecule has 1 aliphatic carbocycles. The van der Waals surface area contributed by atoms with Crippen molar-refractivity contribution in [3.63, 3.8) is 0 Å². The third kappa shape index (κ3) is 5.05. The van der Waals surface area contributed by atoms with Gasteiger partial charge in [-0.15, -0.1) is 0 Å². The Kier molecular flexibility index (Phi) is 6.93. The van der Waals surface area contributed by atoms with E-state index in [9.17, 15) is 9.90 Å². The van der Waals surface area contributed by atoms with Gasteiger partial charge in [0.2, 0.25) is 0 Å². The van der Waals surface area contributed by atoms with Crippen LogP contribution < -0.4 is 5.56 Å². The number of hydrogen-bond donors (Lipinski definition) is 3. The van der Waals surface area contributed by atoms with Crippen LogP contribution in [0, 0.1) is 5.92 Å². The fourth-order valence-corrected chi connectivity index (χ4v) is 6.61. The summed E-state index contributed by atoms with van der Waals surface area (Å²) in [7, 11) is -4.31. The van der Waals surface area contributed by atoms with Gasteiger partial charge in [0.15, 0.2) is 27.8 Å². The fraction of sp³-hybridized carbons (Fsp3) is 0.783. The molecule has 0 aromatic carbocycles. The quantitative estimate of drug-likeness (QED) is 0.509. The van der Waals surface area contributed by atoms with Crippen molar-refractivity contribution in [2.75, 3.05) is 6.61 Å². The number of fused-ring (bicyclic) bond motifs is 1. The predicted molar refractivity (Wildman–Crippen MR) is 137 cm³/mol. The molecular formula is C23H42N4O4Si2. The summed E-state index contributed by atoms with van der Waals surface area (Å²) in [4.78, 5) is 27.0. The van der Waals surface area contributed by atoms with E-state index >= 15 is 0 Å². The molecule has 4 atom stereocenters. The van der Waals surface area contributed by atoms with Crippen molar-refractivity contribution in [1.29, 1.82) is 0 Å². The fourth-order valence-electron chi connectivity index (χ4n) is 3.92. The zero-order valence-corrected chi connectivity index (χ0v) is 23.9. The highest BCUT2D eigenvalue weighted by Crippen LogP contribution is 2.48. The lowest BCUT2D eigenvalue weighted by atomic mass is 10.0. The van der Waals surface area contributed by atoms with E-state index in [1.165, 1.54) is 6.33 Å². The lowest BCUT2D eigenvalue weighted by Gasteiger charge is -2.45. The Morgan fingerprint density at radius 2 is 1.58 bits per heavy atom. The lowest BCUT2D eigenvalue weighted by Crippen LogP contribution is -2.52. The van der Waals surface area contributed by atoms with Gasteiger partial charge in [0.1, 0.15) is 5.82 Å². The normalized spacial score (nSPS) is 25.2. The number of hydrogen-bond acceptors (Lipinski definition) is 6. The second-order valence-corrected chi connectivity index (χ2v) is 22.0. The van der Waals surface area contributed by atoms with Crippen LogP contribution in [0.4, 0.5) is 0 Å². The lowest BCUT2D eigenvalue weighted by molar-refractivity contribution is 0.0162. The maximum absolute atomic E-state index is 12.3. The van der Waals surface area contributed by atoms with E-state index in [1.54, 1.807) is 0 Å². The summed E-state index contributed by atoms with van der Waals surface area (Å²) in [6, 6.07) is 0. The minimum absolute atomic E-state index is 0.0168. The molecule has 0 unspecified atom stereocenters. The second kappa shape index (κ2) is 8.71. The summed E-state index contributed by atoms with van der Waals surface area (Å²) >= 11 is 0. The van der Waals surface area contributed by atoms with Gasteiger partial charge in [-0.3, -0.25) is 4.79 Å². The van der Waals surface area contributed by atoms with Gasteiger partial charge in [0.25, 0.3) is 5.56 Å². The Balaban J connectivity index is 2.08. The molecule has 1 saturated carbocycles. The van der Waals surface area contributed by atoms with Crippen LogP contribution in [0.1, 0.15) is 59.7 Å². The molecule has 1 fully saturated rings. The summed E-state index contributed by atoms with van der Waals surface area (Å²) < 4.78 is 14.0. The van der Waals surface area contributed by atoms with Gasteiger partial charge in [-0.2, -0.15) is 0 Å². The number of imidazole rings is 1. The molecule has 0 saturated heterocycles. The number of aliphatic hydroxyl groups excluding tert-OH is 1. The number of H-pyrrole nitrogens is 2. The van der Waals surface area contributed by atoms with Crippen LogP contribution in [0.25, 0.3) is 11.2 Å². The van der Waals surface area contributed by atoms with Crippen LogP contribution in [0.15, 0.2) is 11.1 Å². The average Bonchev–Trinajstić information content (AvgIpc) is 3.22. The van der Waals surface area contributed by atoms with Gasteiger partial charge < -0.3 is 23.9 Å². The maximum atomic E-state index is 12.3. The monoisotopic (exact) mass is 494 g/mol. The van der Waals surface area contributed by atoms with Crippen LogP contribution in [0.5, 0.6) is 0 Å². The molecule has 8 nitrogen and oxygen atoms in total. The molecule has 2 aromatic rings. The highest BCUT2D eigenvalue weighted by Gasteiger charge is 2.53. The number of nitrogens with zero attached hydrogens (tertiary/aromatic N) is 2. The Bertz CT molecular complexity index is 1040. The smallest absolute Gasteiger partial charge is 0.276 e. The highest BCUT2D eigenvalue weighted by molar-refractivity contribution is 6.74. The third-order valence-electron chi connectivity index (χ3n) is 8.11. The van der Waals surface area contributed by atoms with Crippen molar-refractivity contribution in [1.82, 2.24) is 19.9 Å². The topological polar surface area (TPSA) is 113 Å². The number of aromatic nitrogens is 4. The molecule has 0 spiro atoms. The third-order valence-corrected chi connectivity index (χ3v) is 17.1. The minimum atomic E-state index is -2.17. The summed E-state index contributed by atoms with van der Waals surface area (Å²) in [5.41, 5.74) is 0.522. The first-order valence-corrected chi connectivity index (χ1v) is 17.7. The zero-order chi connectivity index (χ0) is 25.0. The SMILES string of the molecule is CC(C)(C)[Si](C)(C)O[C@@H]1[C@@H](CO)C[C@H](c2nc3nc[nH]c(=O)c3[nH]2)[C@@H]1O[Si](C)(C)C(C)(C)C. The van der Waals surface area contributed by atoms with Crippen LogP contribution in [0.3, 0.4) is 0 Å². The van der Waals surface area contributed by atoms with Crippen molar-refractivity contribution < 1.29 is 14.0 Å². The minimum Gasteiger partial charge on any atom is -0.411 e. The van der Waals surface area contributed by atoms with Gasteiger partial charge in [-0.05, 0) is 42.7 Å². The molecule has 3 rings (SSSR count). The van der Waals surface area contributed by atoms with E-state index in [1.807, 2.05) is 0 Å². The van der Waals surface area contributed by atoms with Gasteiger partial charge >= 0.3 is 0 Å². The molecule has 10 heteroatoms. The zero-order valence-electron chi connectivity index (χ0n) is 21.9. The van der Waals surface area contributed by atoms with E-state index in [0.29, 0.717) is 23.4 Å². The van der Waals surface area contributed by atoms with Gasteiger partial charge in [-0.25, -0.2) is 9.97 Å². The first-order valence-electron chi connectivity index (χ1n) is 11.9. The molecule has 0 radical (unpaired) electrons. The summed E-state index contributed by atoms with van der Waals surface area (Å²) in [6.45, 7) is 22.3. The van der Waals surface area contributed by atoms with E-state index < -0.39 is 16.6 Å². The summed E-state index contributed by atoms with van der Waals surface area (Å²) in [6.07, 6.45) is 1.53.